The fourth-order valence-electron chi connectivity index (χ4n) is 5.44. The molecule has 0 radical (unpaired) electrons. The number of benzene rings is 4. The Hall–Kier alpha value is -4.73. The second-order valence-electron chi connectivity index (χ2n) is 11.9. The van der Waals surface area contributed by atoms with Crippen molar-refractivity contribution in [1.82, 2.24) is 0 Å². The van der Waals surface area contributed by atoms with E-state index in [-0.39, 0.29) is 11.0 Å². The summed E-state index contributed by atoms with van der Waals surface area (Å²) in [5.41, 5.74) is 4.32. The molecule has 0 saturated carbocycles. The standard InChI is InChI=1S/C37H35FO8/c1-37(22-43-23-37)21-42-15-3-4-16-44-27-7-5-24(6-8-27)35(39)45-29-10-12-31-25(18-29)17-26-19-30(11-13-32(26)31)46-36(40)33-14-9-28(41-2)20-34(33)38/h5-14,18-20H,3-4,15-17,21-23H2,1-2H3. The number of carbonyl (C=O) groups excluding carboxylic acids is 2. The molecule has 1 aliphatic carbocycles. The number of rotatable bonds is 13. The van der Waals surface area contributed by atoms with Crippen molar-refractivity contribution in [2.24, 2.45) is 5.41 Å². The molecule has 4 aromatic carbocycles. The molecular weight excluding hydrogens is 591 g/mol. The zero-order valence-corrected chi connectivity index (χ0v) is 25.8. The number of ether oxygens (including phenoxy) is 6. The van der Waals surface area contributed by atoms with Crippen LogP contribution in [0.2, 0.25) is 0 Å². The van der Waals surface area contributed by atoms with E-state index in [2.05, 4.69) is 6.92 Å². The molecule has 0 atom stereocenters. The quantitative estimate of drug-likeness (QED) is 0.0780. The lowest BCUT2D eigenvalue weighted by Crippen LogP contribution is -2.43. The van der Waals surface area contributed by atoms with Gasteiger partial charge in [-0.15, -0.1) is 0 Å². The second kappa shape index (κ2) is 13.7. The number of carbonyl (C=O) groups is 2. The van der Waals surface area contributed by atoms with Gasteiger partial charge >= 0.3 is 11.9 Å². The molecule has 0 unspecified atom stereocenters. The molecular formula is C37H35FO8. The van der Waals surface area contributed by atoms with Gasteiger partial charge < -0.3 is 28.4 Å². The van der Waals surface area contributed by atoms with Crippen LogP contribution in [0.25, 0.3) is 11.1 Å². The lowest BCUT2D eigenvalue weighted by molar-refractivity contribution is -0.138. The Morgan fingerprint density at radius 3 is 1.98 bits per heavy atom. The topological polar surface area (TPSA) is 89.5 Å². The van der Waals surface area contributed by atoms with Crippen LogP contribution >= 0.6 is 0 Å². The Labute approximate surface area is 267 Å². The zero-order valence-electron chi connectivity index (χ0n) is 25.8. The predicted molar refractivity (Wildman–Crippen MR) is 168 cm³/mol. The zero-order chi connectivity index (χ0) is 32.1. The first-order valence-corrected chi connectivity index (χ1v) is 15.2. The third kappa shape index (κ3) is 7.22. The lowest BCUT2D eigenvalue weighted by Gasteiger charge is -2.37. The normalized spacial score (nSPS) is 14.1. The van der Waals surface area contributed by atoms with Crippen LogP contribution in [-0.2, 0) is 15.9 Å². The number of unbranched alkanes of at least 4 members (excludes halogenated alkanes) is 1. The van der Waals surface area contributed by atoms with Crippen LogP contribution in [0.15, 0.2) is 78.9 Å². The molecule has 0 spiro atoms. The largest absolute Gasteiger partial charge is 0.497 e. The van der Waals surface area contributed by atoms with Crippen molar-refractivity contribution >= 4 is 11.9 Å². The van der Waals surface area contributed by atoms with E-state index in [9.17, 15) is 14.0 Å². The van der Waals surface area contributed by atoms with Gasteiger partial charge in [-0.2, -0.15) is 0 Å². The Morgan fingerprint density at radius 2 is 1.37 bits per heavy atom. The first-order valence-electron chi connectivity index (χ1n) is 15.2. The molecule has 0 bridgehead atoms. The summed E-state index contributed by atoms with van der Waals surface area (Å²) < 4.78 is 47.3. The molecule has 238 valence electrons. The Kier molecular flexibility index (Phi) is 9.33. The first-order chi connectivity index (χ1) is 22.3. The Bertz CT molecular complexity index is 1730. The second-order valence-corrected chi connectivity index (χ2v) is 11.9. The van der Waals surface area contributed by atoms with Crippen LogP contribution < -0.4 is 18.9 Å². The summed E-state index contributed by atoms with van der Waals surface area (Å²) in [5, 5.41) is 0. The highest BCUT2D eigenvalue weighted by atomic mass is 19.1. The van der Waals surface area contributed by atoms with Crippen LogP contribution in [0, 0.1) is 11.2 Å². The summed E-state index contributed by atoms with van der Waals surface area (Å²) in [5.74, 6) is -0.247. The molecule has 4 aromatic rings. The number of hydrogen-bond donors (Lipinski definition) is 0. The van der Waals surface area contributed by atoms with Crippen molar-refractivity contribution in [3.8, 4) is 34.1 Å². The van der Waals surface area contributed by atoms with Gasteiger partial charge in [0.1, 0.15) is 28.8 Å². The van der Waals surface area contributed by atoms with Crippen molar-refractivity contribution in [2.75, 3.05) is 40.1 Å². The van der Waals surface area contributed by atoms with Crippen molar-refractivity contribution in [1.29, 1.82) is 0 Å². The SMILES string of the molecule is COc1ccc(C(=O)Oc2ccc3c(c2)Cc2cc(OC(=O)c4ccc(OCCCCOCC5(C)COC5)cc4)ccc2-3)c(F)c1. The van der Waals surface area contributed by atoms with E-state index in [4.69, 9.17) is 28.4 Å². The van der Waals surface area contributed by atoms with Gasteiger partial charge in [0.2, 0.25) is 0 Å². The van der Waals surface area contributed by atoms with Crippen molar-refractivity contribution in [3.63, 3.8) is 0 Å². The summed E-state index contributed by atoms with van der Waals surface area (Å²) in [6.45, 7) is 5.69. The van der Waals surface area contributed by atoms with Gasteiger partial charge in [0.05, 0.1) is 44.7 Å². The van der Waals surface area contributed by atoms with Crippen molar-refractivity contribution < 1.29 is 42.4 Å². The number of halogens is 1. The summed E-state index contributed by atoms with van der Waals surface area (Å²) in [6.07, 6.45) is 2.34. The molecule has 0 aromatic heterocycles. The average Bonchev–Trinajstić information content (AvgIpc) is 3.40. The number of fused-ring (bicyclic) bond motifs is 3. The molecule has 2 aliphatic rings. The van der Waals surface area contributed by atoms with Crippen LogP contribution in [0.1, 0.15) is 51.6 Å². The van der Waals surface area contributed by atoms with Crippen LogP contribution in [0.3, 0.4) is 0 Å². The summed E-state index contributed by atoms with van der Waals surface area (Å²) in [6, 6.07) is 21.7. The van der Waals surface area contributed by atoms with Gasteiger partial charge in [-0.3, -0.25) is 0 Å². The van der Waals surface area contributed by atoms with E-state index in [1.165, 1.54) is 19.2 Å². The number of esters is 2. The average molecular weight is 627 g/mol. The summed E-state index contributed by atoms with van der Waals surface area (Å²) in [4.78, 5) is 25.5. The molecule has 1 aliphatic heterocycles. The molecule has 9 heteroatoms. The van der Waals surface area contributed by atoms with Crippen LogP contribution in [0.4, 0.5) is 4.39 Å². The summed E-state index contributed by atoms with van der Waals surface area (Å²) >= 11 is 0. The van der Waals surface area contributed by atoms with E-state index >= 15 is 0 Å². The monoisotopic (exact) mass is 626 g/mol. The van der Waals surface area contributed by atoms with Crippen molar-refractivity contribution in [3.05, 3.63) is 107 Å². The van der Waals surface area contributed by atoms with Gasteiger partial charge in [-0.1, -0.05) is 19.1 Å². The molecule has 0 amide bonds. The third-order valence-electron chi connectivity index (χ3n) is 8.04. The van der Waals surface area contributed by atoms with E-state index in [0.717, 1.165) is 61.0 Å². The lowest BCUT2D eigenvalue weighted by atomic mass is 9.90. The van der Waals surface area contributed by atoms with E-state index in [0.29, 0.717) is 48.2 Å². The summed E-state index contributed by atoms with van der Waals surface area (Å²) in [7, 11) is 1.42. The van der Waals surface area contributed by atoms with Gasteiger partial charge in [-0.25, -0.2) is 14.0 Å². The van der Waals surface area contributed by atoms with E-state index < -0.39 is 17.8 Å². The molecule has 1 saturated heterocycles. The molecule has 1 fully saturated rings. The van der Waals surface area contributed by atoms with Crippen LogP contribution in [0.5, 0.6) is 23.0 Å². The van der Waals surface area contributed by atoms with E-state index in [1.807, 2.05) is 18.2 Å². The van der Waals surface area contributed by atoms with Crippen molar-refractivity contribution in [2.45, 2.75) is 26.2 Å². The molecule has 46 heavy (non-hydrogen) atoms. The fraction of sp³-hybridized carbons (Fsp3) is 0.297. The highest BCUT2D eigenvalue weighted by Crippen LogP contribution is 2.40. The molecule has 8 nitrogen and oxygen atoms in total. The minimum atomic E-state index is -0.796. The van der Waals surface area contributed by atoms with E-state index in [1.54, 1.807) is 42.5 Å². The smallest absolute Gasteiger partial charge is 0.346 e. The maximum Gasteiger partial charge on any atom is 0.346 e. The Balaban J connectivity index is 0.983. The molecule has 0 N–H and O–H groups in total. The number of hydrogen-bond acceptors (Lipinski definition) is 8. The fourth-order valence-corrected chi connectivity index (χ4v) is 5.44. The van der Waals surface area contributed by atoms with Gasteiger partial charge in [0.15, 0.2) is 0 Å². The van der Waals surface area contributed by atoms with Gasteiger partial charge in [0, 0.05) is 18.1 Å². The van der Waals surface area contributed by atoms with Gasteiger partial charge in [-0.05, 0) is 102 Å². The highest BCUT2D eigenvalue weighted by molar-refractivity contribution is 5.92. The molecule has 6 rings (SSSR count). The minimum absolute atomic E-state index is 0.166. The Morgan fingerprint density at radius 1 is 0.761 bits per heavy atom. The predicted octanol–water partition coefficient (Wildman–Crippen LogP) is 7.06. The molecule has 1 heterocycles. The highest BCUT2D eigenvalue weighted by Gasteiger charge is 2.33. The first kappa shape index (κ1) is 31.3. The maximum absolute atomic E-state index is 14.3. The maximum atomic E-state index is 14.3. The number of methoxy groups -OCH3 is 1. The minimum Gasteiger partial charge on any atom is -0.497 e. The van der Waals surface area contributed by atoms with Gasteiger partial charge in [0.25, 0.3) is 0 Å². The third-order valence-corrected chi connectivity index (χ3v) is 8.04. The van der Waals surface area contributed by atoms with Crippen LogP contribution in [-0.4, -0.2) is 52.1 Å².